The van der Waals surface area contributed by atoms with Crippen LogP contribution in [0.15, 0.2) is 51.7 Å². The maximum Gasteiger partial charge on any atom is 0.347 e. The molecule has 90 valence electrons. The average Bonchev–Trinajstić information content (AvgIpc) is 2.35. The van der Waals surface area contributed by atoms with E-state index >= 15 is 0 Å². The van der Waals surface area contributed by atoms with Crippen LogP contribution in [0.3, 0.4) is 0 Å². The second-order valence-corrected chi connectivity index (χ2v) is 3.52. The highest BCUT2D eigenvalue weighted by molar-refractivity contribution is 6.07. The quantitative estimate of drug-likeness (QED) is 0.503. The van der Waals surface area contributed by atoms with Crippen LogP contribution < -0.4 is 5.63 Å². The van der Waals surface area contributed by atoms with Crippen molar-refractivity contribution < 1.29 is 19.1 Å². The third kappa shape index (κ3) is 2.35. The van der Waals surface area contributed by atoms with Gasteiger partial charge in [-0.2, -0.15) is 0 Å². The standard InChI is InChI=1S/C13H8O5/c14-10(5-6-12(15)16)9-7-8-3-1-2-4-11(8)18-13(9)17/h1-7H,(H,15,16)/b6-5+. The zero-order chi connectivity index (χ0) is 13.1. The van der Waals surface area contributed by atoms with Gasteiger partial charge in [0.25, 0.3) is 0 Å². The van der Waals surface area contributed by atoms with Crippen molar-refractivity contribution in [2.45, 2.75) is 0 Å². The number of carbonyl (C=O) groups is 2. The number of allylic oxidation sites excluding steroid dienone is 1. The van der Waals surface area contributed by atoms with Gasteiger partial charge in [-0.1, -0.05) is 18.2 Å². The molecule has 0 aliphatic carbocycles. The Bertz CT molecular complexity index is 709. The number of carboxylic acid groups (broad SMARTS) is 1. The number of para-hydroxylation sites is 1. The van der Waals surface area contributed by atoms with E-state index in [2.05, 4.69) is 0 Å². The van der Waals surface area contributed by atoms with Crippen LogP contribution >= 0.6 is 0 Å². The Morgan fingerprint density at radius 3 is 2.61 bits per heavy atom. The zero-order valence-electron chi connectivity index (χ0n) is 9.12. The summed E-state index contributed by atoms with van der Waals surface area (Å²) >= 11 is 0. The van der Waals surface area contributed by atoms with Crippen LogP contribution in [-0.2, 0) is 4.79 Å². The third-order valence-corrected chi connectivity index (χ3v) is 2.28. The normalized spacial score (nSPS) is 10.9. The predicted molar refractivity (Wildman–Crippen MR) is 63.6 cm³/mol. The molecule has 0 atom stereocenters. The molecule has 5 heteroatoms. The summed E-state index contributed by atoms with van der Waals surface area (Å²) in [7, 11) is 0. The van der Waals surface area contributed by atoms with E-state index in [-0.39, 0.29) is 5.56 Å². The minimum atomic E-state index is -1.26. The summed E-state index contributed by atoms with van der Waals surface area (Å²) in [4.78, 5) is 33.4. The number of benzene rings is 1. The minimum absolute atomic E-state index is 0.189. The SMILES string of the molecule is O=C(O)/C=C/C(=O)c1cc2ccccc2oc1=O. The smallest absolute Gasteiger partial charge is 0.347 e. The highest BCUT2D eigenvalue weighted by Gasteiger charge is 2.11. The van der Waals surface area contributed by atoms with Crippen LogP contribution in [0.5, 0.6) is 0 Å². The maximum absolute atomic E-state index is 11.6. The van der Waals surface area contributed by atoms with E-state index in [1.165, 1.54) is 6.07 Å². The van der Waals surface area contributed by atoms with Crippen molar-refractivity contribution in [1.29, 1.82) is 0 Å². The van der Waals surface area contributed by atoms with Crippen molar-refractivity contribution in [3.63, 3.8) is 0 Å². The summed E-state index contributed by atoms with van der Waals surface area (Å²) in [6.07, 6.45) is 1.50. The van der Waals surface area contributed by atoms with E-state index in [0.717, 1.165) is 6.08 Å². The Morgan fingerprint density at radius 1 is 1.17 bits per heavy atom. The van der Waals surface area contributed by atoms with E-state index in [4.69, 9.17) is 9.52 Å². The molecule has 0 unspecified atom stereocenters. The molecule has 2 aromatic rings. The van der Waals surface area contributed by atoms with Gasteiger partial charge in [-0.25, -0.2) is 9.59 Å². The molecule has 1 heterocycles. The molecule has 0 fully saturated rings. The van der Waals surface area contributed by atoms with E-state index in [9.17, 15) is 14.4 Å². The molecular weight excluding hydrogens is 236 g/mol. The minimum Gasteiger partial charge on any atom is -0.478 e. The summed E-state index contributed by atoms with van der Waals surface area (Å²) in [5.74, 6) is -1.95. The van der Waals surface area contributed by atoms with Crippen LogP contribution in [0.4, 0.5) is 0 Å². The molecule has 0 saturated carbocycles. The van der Waals surface area contributed by atoms with Gasteiger partial charge in [0.15, 0.2) is 5.78 Å². The molecule has 0 bridgehead atoms. The molecule has 1 N–H and O–H groups in total. The van der Waals surface area contributed by atoms with Crippen molar-refractivity contribution in [1.82, 2.24) is 0 Å². The number of hydrogen-bond acceptors (Lipinski definition) is 4. The lowest BCUT2D eigenvalue weighted by Crippen LogP contribution is -2.12. The Hall–Kier alpha value is -2.69. The largest absolute Gasteiger partial charge is 0.478 e. The number of fused-ring (bicyclic) bond motifs is 1. The van der Waals surface area contributed by atoms with E-state index in [1.807, 2.05) is 0 Å². The summed E-state index contributed by atoms with van der Waals surface area (Å²) in [6.45, 7) is 0. The number of ketones is 1. The first kappa shape index (κ1) is 11.8. The van der Waals surface area contributed by atoms with E-state index in [1.54, 1.807) is 24.3 Å². The highest BCUT2D eigenvalue weighted by atomic mass is 16.4. The fraction of sp³-hybridized carbons (Fsp3) is 0. The molecule has 0 aliphatic rings. The van der Waals surface area contributed by atoms with Crippen molar-refractivity contribution in [2.75, 3.05) is 0 Å². The van der Waals surface area contributed by atoms with Gasteiger partial charge in [-0.15, -0.1) is 0 Å². The van der Waals surface area contributed by atoms with Crippen LogP contribution in [-0.4, -0.2) is 16.9 Å². The molecule has 0 aliphatic heterocycles. The Kier molecular flexibility index (Phi) is 3.05. The Balaban J connectivity index is 2.51. The number of aliphatic carboxylic acids is 1. The predicted octanol–water partition coefficient (Wildman–Crippen LogP) is 1.62. The van der Waals surface area contributed by atoms with Crippen LogP contribution in [0.25, 0.3) is 11.0 Å². The molecule has 18 heavy (non-hydrogen) atoms. The van der Waals surface area contributed by atoms with Gasteiger partial charge in [0.2, 0.25) is 0 Å². The van der Waals surface area contributed by atoms with Gasteiger partial charge < -0.3 is 9.52 Å². The first-order valence-electron chi connectivity index (χ1n) is 5.06. The van der Waals surface area contributed by atoms with E-state index in [0.29, 0.717) is 17.0 Å². The van der Waals surface area contributed by atoms with Gasteiger partial charge >= 0.3 is 11.6 Å². The summed E-state index contributed by atoms with van der Waals surface area (Å²) < 4.78 is 4.96. The van der Waals surface area contributed by atoms with Crippen molar-refractivity contribution in [2.24, 2.45) is 0 Å². The van der Waals surface area contributed by atoms with Gasteiger partial charge in [0, 0.05) is 11.5 Å². The molecule has 0 spiro atoms. The molecule has 0 amide bonds. The highest BCUT2D eigenvalue weighted by Crippen LogP contribution is 2.12. The molecular formula is C13H8O5. The first-order chi connectivity index (χ1) is 8.58. The Morgan fingerprint density at radius 2 is 1.89 bits per heavy atom. The number of carboxylic acids is 1. The van der Waals surface area contributed by atoms with Gasteiger partial charge in [0.05, 0.1) is 0 Å². The van der Waals surface area contributed by atoms with Gasteiger partial charge in [-0.3, -0.25) is 4.79 Å². The van der Waals surface area contributed by atoms with Crippen molar-refractivity contribution in [3.8, 4) is 0 Å². The fourth-order valence-electron chi connectivity index (χ4n) is 1.47. The second-order valence-electron chi connectivity index (χ2n) is 3.52. The number of hydrogen-bond donors (Lipinski definition) is 1. The zero-order valence-corrected chi connectivity index (χ0v) is 9.12. The van der Waals surface area contributed by atoms with Crippen LogP contribution in [0.1, 0.15) is 10.4 Å². The third-order valence-electron chi connectivity index (χ3n) is 2.28. The lowest BCUT2D eigenvalue weighted by atomic mass is 10.1. The van der Waals surface area contributed by atoms with E-state index < -0.39 is 17.4 Å². The summed E-state index contributed by atoms with van der Waals surface area (Å²) in [5, 5.41) is 9.01. The molecule has 0 saturated heterocycles. The first-order valence-corrected chi connectivity index (χ1v) is 5.06. The summed E-state index contributed by atoms with van der Waals surface area (Å²) in [5.41, 5.74) is -0.596. The van der Waals surface area contributed by atoms with Gasteiger partial charge in [0.1, 0.15) is 11.1 Å². The maximum atomic E-state index is 11.6. The number of carbonyl (C=O) groups excluding carboxylic acids is 1. The molecule has 0 radical (unpaired) electrons. The second kappa shape index (κ2) is 4.67. The van der Waals surface area contributed by atoms with Gasteiger partial charge in [-0.05, 0) is 18.2 Å². The van der Waals surface area contributed by atoms with Crippen molar-refractivity contribution in [3.05, 3.63) is 58.5 Å². The summed E-state index contributed by atoms with van der Waals surface area (Å²) in [6, 6.07) is 8.13. The fourth-order valence-corrected chi connectivity index (χ4v) is 1.47. The number of rotatable bonds is 3. The molecule has 2 rings (SSSR count). The average molecular weight is 244 g/mol. The molecule has 1 aromatic heterocycles. The topological polar surface area (TPSA) is 84.6 Å². The molecule has 1 aromatic carbocycles. The van der Waals surface area contributed by atoms with Crippen LogP contribution in [0.2, 0.25) is 0 Å². The lowest BCUT2D eigenvalue weighted by Gasteiger charge is -1.98. The lowest BCUT2D eigenvalue weighted by molar-refractivity contribution is -0.131. The molecule has 5 nitrogen and oxygen atoms in total. The van der Waals surface area contributed by atoms with Crippen LogP contribution in [0, 0.1) is 0 Å². The Labute approximate surface area is 101 Å². The monoisotopic (exact) mass is 244 g/mol. The van der Waals surface area contributed by atoms with Crippen molar-refractivity contribution >= 4 is 22.7 Å².